The summed E-state index contributed by atoms with van der Waals surface area (Å²) in [5.74, 6) is 0.594. The minimum atomic E-state index is -0.111. The molecule has 0 saturated carbocycles. The highest BCUT2D eigenvalue weighted by atomic mass is 19.1. The van der Waals surface area contributed by atoms with Gasteiger partial charge in [-0.05, 0) is 56.0 Å². The van der Waals surface area contributed by atoms with Crippen LogP contribution < -0.4 is 0 Å². The summed E-state index contributed by atoms with van der Waals surface area (Å²) in [5, 5.41) is 0. The first-order chi connectivity index (χ1) is 7.78. The van der Waals surface area contributed by atoms with Gasteiger partial charge in [0.15, 0.2) is 0 Å². The van der Waals surface area contributed by atoms with Gasteiger partial charge in [0.25, 0.3) is 0 Å². The molecule has 0 N–H and O–H groups in total. The minimum absolute atomic E-state index is 0.111. The van der Waals surface area contributed by atoms with Crippen molar-refractivity contribution in [3.8, 4) is 0 Å². The van der Waals surface area contributed by atoms with Crippen LogP contribution in [0, 0.1) is 11.7 Å². The average Bonchev–Trinajstić information content (AvgIpc) is 2.29. The largest absolute Gasteiger partial charge is 0.303 e. The van der Waals surface area contributed by atoms with Gasteiger partial charge in [0.1, 0.15) is 5.82 Å². The fourth-order valence-corrected chi connectivity index (χ4v) is 2.60. The second-order valence-corrected chi connectivity index (χ2v) is 4.74. The number of hydrogen-bond donors (Lipinski definition) is 0. The maximum Gasteiger partial charge on any atom is 0.123 e. The van der Waals surface area contributed by atoms with E-state index in [1.54, 1.807) is 6.07 Å². The second kappa shape index (κ2) is 5.44. The Morgan fingerprint density at radius 3 is 3.06 bits per heavy atom. The van der Waals surface area contributed by atoms with Gasteiger partial charge in [0.2, 0.25) is 0 Å². The molecule has 0 amide bonds. The van der Waals surface area contributed by atoms with Gasteiger partial charge in [-0.2, -0.15) is 0 Å². The zero-order chi connectivity index (χ0) is 11.4. The summed E-state index contributed by atoms with van der Waals surface area (Å²) < 4.78 is 13.1. The lowest BCUT2D eigenvalue weighted by molar-refractivity contribution is 0.182. The Kier molecular flexibility index (Phi) is 3.94. The summed E-state index contributed by atoms with van der Waals surface area (Å²) in [4.78, 5) is 2.49. The predicted molar refractivity (Wildman–Crippen MR) is 64.9 cm³/mol. The highest BCUT2D eigenvalue weighted by molar-refractivity contribution is 5.17. The fourth-order valence-electron chi connectivity index (χ4n) is 2.60. The highest BCUT2D eigenvalue weighted by Gasteiger charge is 2.18. The van der Waals surface area contributed by atoms with Crippen LogP contribution in [-0.2, 0) is 6.42 Å². The molecule has 1 saturated heterocycles. The molecule has 1 aliphatic heterocycles. The first-order valence-corrected chi connectivity index (χ1v) is 6.24. The van der Waals surface area contributed by atoms with Crippen LogP contribution in [0.2, 0.25) is 0 Å². The van der Waals surface area contributed by atoms with Gasteiger partial charge in [-0.15, -0.1) is 0 Å². The molecule has 1 nitrogen and oxygen atoms in total. The van der Waals surface area contributed by atoms with E-state index in [0.29, 0.717) is 5.92 Å². The molecule has 88 valence electrons. The molecule has 2 heteroatoms. The van der Waals surface area contributed by atoms with E-state index in [0.717, 1.165) is 18.5 Å². The van der Waals surface area contributed by atoms with Crippen molar-refractivity contribution in [2.75, 3.05) is 19.6 Å². The molecule has 0 unspecified atom stereocenters. The average molecular weight is 221 g/mol. The Balaban J connectivity index is 1.94. The Hall–Kier alpha value is -0.890. The molecule has 0 spiro atoms. The molecule has 0 bridgehead atoms. The molecule has 16 heavy (non-hydrogen) atoms. The van der Waals surface area contributed by atoms with Crippen LogP contribution in [0.3, 0.4) is 0 Å². The number of rotatable bonds is 3. The van der Waals surface area contributed by atoms with Crippen molar-refractivity contribution in [1.29, 1.82) is 0 Å². The SMILES string of the molecule is CCN1CCC[C@H](Cc2cccc(F)c2)C1. The second-order valence-electron chi connectivity index (χ2n) is 4.74. The molecule has 1 heterocycles. The Labute approximate surface area is 97.3 Å². The highest BCUT2D eigenvalue weighted by Crippen LogP contribution is 2.20. The maximum absolute atomic E-state index is 13.1. The first-order valence-electron chi connectivity index (χ1n) is 6.24. The van der Waals surface area contributed by atoms with E-state index in [-0.39, 0.29) is 5.82 Å². The molecule has 0 aromatic heterocycles. The molecule has 0 radical (unpaired) electrons. The van der Waals surface area contributed by atoms with E-state index in [1.165, 1.54) is 32.0 Å². The van der Waals surface area contributed by atoms with Gasteiger partial charge in [-0.1, -0.05) is 19.1 Å². The van der Waals surface area contributed by atoms with E-state index in [9.17, 15) is 4.39 Å². The third-order valence-electron chi connectivity index (χ3n) is 3.46. The van der Waals surface area contributed by atoms with Crippen LogP contribution in [0.1, 0.15) is 25.3 Å². The van der Waals surface area contributed by atoms with Gasteiger partial charge in [0.05, 0.1) is 0 Å². The topological polar surface area (TPSA) is 3.24 Å². The van der Waals surface area contributed by atoms with Crippen LogP contribution in [0.15, 0.2) is 24.3 Å². The lowest BCUT2D eigenvalue weighted by Gasteiger charge is -2.31. The number of hydrogen-bond acceptors (Lipinski definition) is 1. The normalized spacial score (nSPS) is 22.2. The first kappa shape index (κ1) is 11.6. The zero-order valence-electron chi connectivity index (χ0n) is 9.95. The molecule has 2 rings (SSSR count). The monoisotopic (exact) mass is 221 g/mol. The molecule has 0 aliphatic carbocycles. The number of piperidine rings is 1. The molecule has 1 aromatic rings. The zero-order valence-corrected chi connectivity index (χ0v) is 9.95. The van der Waals surface area contributed by atoms with Gasteiger partial charge in [0, 0.05) is 6.54 Å². The van der Waals surface area contributed by atoms with Gasteiger partial charge < -0.3 is 4.90 Å². The van der Waals surface area contributed by atoms with Gasteiger partial charge >= 0.3 is 0 Å². The number of likely N-dealkylation sites (tertiary alicyclic amines) is 1. The van der Waals surface area contributed by atoms with E-state index >= 15 is 0 Å². The van der Waals surface area contributed by atoms with Crippen LogP contribution in [0.5, 0.6) is 0 Å². The van der Waals surface area contributed by atoms with Crippen LogP contribution in [0.4, 0.5) is 4.39 Å². The van der Waals surface area contributed by atoms with Gasteiger partial charge in [-0.3, -0.25) is 0 Å². The van der Waals surface area contributed by atoms with Crippen molar-refractivity contribution in [1.82, 2.24) is 4.90 Å². The van der Waals surface area contributed by atoms with Crippen molar-refractivity contribution in [3.63, 3.8) is 0 Å². The summed E-state index contributed by atoms with van der Waals surface area (Å²) in [6, 6.07) is 7.03. The standard InChI is InChI=1S/C14H20FN/c1-2-16-8-4-6-13(11-16)9-12-5-3-7-14(15)10-12/h3,5,7,10,13H,2,4,6,8-9,11H2,1H3/t13-/m1/s1. The van der Waals surface area contributed by atoms with Crippen molar-refractivity contribution in [3.05, 3.63) is 35.6 Å². The lowest BCUT2D eigenvalue weighted by atomic mass is 9.91. The third-order valence-corrected chi connectivity index (χ3v) is 3.46. The molecule has 1 aromatic carbocycles. The van der Waals surface area contributed by atoms with Crippen molar-refractivity contribution >= 4 is 0 Å². The van der Waals surface area contributed by atoms with Crippen molar-refractivity contribution in [2.24, 2.45) is 5.92 Å². The quantitative estimate of drug-likeness (QED) is 0.758. The Morgan fingerprint density at radius 1 is 1.44 bits per heavy atom. The molecule has 1 aliphatic rings. The van der Waals surface area contributed by atoms with E-state index in [2.05, 4.69) is 11.8 Å². The fraction of sp³-hybridized carbons (Fsp3) is 0.571. The maximum atomic E-state index is 13.1. The summed E-state index contributed by atoms with van der Waals surface area (Å²) in [7, 11) is 0. The molecule has 1 atom stereocenters. The van der Waals surface area contributed by atoms with E-state index in [1.807, 2.05) is 12.1 Å². The molecule has 1 fully saturated rings. The summed E-state index contributed by atoms with van der Waals surface area (Å²) >= 11 is 0. The molecular weight excluding hydrogens is 201 g/mol. The van der Waals surface area contributed by atoms with Gasteiger partial charge in [-0.25, -0.2) is 4.39 Å². The van der Waals surface area contributed by atoms with Crippen molar-refractivity contribution < 1.29 is 4.39 Å². The van der Waals surface area contributed by atoms with Crippen LogP contribution >= 0.6 is 0 Å². The summed E-state index contributed by atoms with van der Waals surface area (Å²) in [6.07, 6.45) is 3.59. The van der Waals surface area contributed by atoms with E-state index in [4.69, 9.17) is 0 Å². The minimum Gasteiger partial charge on any atom is -0.303 e. The predicted octanol–water partition coefficient (Wildman–Crippen LogP) is 3.10. The Bertz CT molecular complexity index is 337. The van der Waals surface area contributed by atoms with Crippen LogP contribution in [0.25, 0.3) is 0 Å². The number of benzene rings is 1. The Morgan fingerprint density at radius 2 is 2.31 bits per heavy atom. The third kappa shape index (κ3) is 3.05. The van der Waals surface area contributed by atoms with Crippen molar-refractivity contribution in [2.45, 2.75) is 26.2 Å². The van der Waals surface area contributed by atoms with Crippen LogP contribution in [-0.4, -0.2) is 24.5 Å². The lowest BCUT2D eigenvalue weighted by Crippen LogP contribution is -2.35. The summed E-state index contributed by atoms with van der Waals surface area (Å²) in [6.45, 7) is 5.76. The number of halogens is 1. The summed E-state index contributed by atoms with van der Waals surface area (Å²) in [5.41, 5.74) is 1.14. The number of nitrogens with zero attached hydrogens (tertiary/aromatic N) is 1. The molecular formula is C14H20FN. The van der Waals surface area contributed by atoms with E-state index < -0.39 is 0 Å². The smallest absolute Gasteiger partial charge is 0.123 e.